The Morgan fingerprint density at radius 2 is 1.87 bits per heavy atom. The van der Waals surface area contributed by atoms with Gasteiger partial charge in [-0.15, -0.1) is 0 Å². The third-order valence-corrected chi connectivity index (χ3v) is 1.69. The van der Waals surface area contributed by atoms with Gasteiger partial charge in [0, 0.05) is 0 Å². The minimum atomic E-state index is -0.759. The summed E-state index contributed by atoms with van der Waals surface area (Å²) in [6, 6.07) is 0. The van der Waals surface area contributed by atoms with E-state index in [0.717, 1.165) is 19.3 Å². The van der Waals surface area contributed by atoms with Gasteiger partial charge in [-0.05, 0) is 33.6 Å². The van der Waals surface area contributed by atoms with Crippen LogP contribution < -0.4 is 0 Å². The summed E-state index contributed by atoms with van der Waals surface area (Å²) in [4.78, 5) is 20.5. The highest BCUT2D eigenvalue weighted by Gasteiger charge is 2.18. The molecule has 1 unspecified atom stereocenters. The van der Waals surface area contributed by atoms with Gasteiger partial charge in [0.1, 0.15) is 11.7 Å². The summed E-state index contributed by atoms with van der Waals surface area (Å²) in [5.41, 5.74) is -0.508. The number of rotatable bonds is 5. The van der Waals surface area contributed by atoms with Crippen molar-refractivity contribution in [3.05, 3.63) is 0 Å². The lowest BCUT2D eigenvalue weighted by molar-refractivity contribution is -0.314. The molecule has 4 nitrogen and oxygen atoms in total. The van der Waals surface area contributed by atoms with Crippen molar-refractivity contribution < 1.29 is 19.3 Å². The van der Waals surface area contributed by atoms with E-state index in [9.17, 15) is 4.79 Å². The van der Waals surface area contributed by atoms with Gasteiger partial charge in [-0.3, -0.25) is 4.89 Å². The van der Waals surface area contributed by atoms with Crippen LogP contribution >= 0.6 is 0 Å². The quantitative estimate of drug-likeness (QED) is 0.403. The molecule has 0 rings (SSSR count). The van der Waals surface area contributed by atoms with Gasteiger partial charge < -0.3 is 4.74 Å². The largest absolute Gasteiger partial charge is 0.540 e. The maximum absolute atomic E-state index is 11.2. The summed E-state index contributed by atoms with van der Waals surface area (Å²) in [5, 5.41) is 0. The van der Waals surface area contributed by atoms with E-state index in [2.05, 4.69) is 4.89 Å². The van der Waals surface area contributed by atoms with Crippen molar-refractivity contribution in [1.29, 1.82) is 0 Å². The second kappa shape index (κ2) is 6.67. The van der Waals surface area contributed by atoms with E-state index in [1.807, 2.05) is 13.8 Å². The maximum atomic E-state index is 11.2. The fraction of sp³-hybridized carbons (Fsp3) is 0.909. The summed E-state index contributed by atoms with van der Waals surface area (Å²) >= 11 is 0. The summed E-state index contributed by atoms with van der Waals surface area (Å²) in [6.07, 6.45) is 1.78. The molecule has 0 amide bonds. The second-order valence-corrected chi connectivity index (χ2v) is 4.47. The van der Waals surface area contributed by atoms with E-state index < -0.39 is 11.8 Å². The molecule has 0 aliphatic rings. The van der Waals surface area contributed by atoms with E-state index in [1.54, 1.807) is 20.8 Å². The standard InChI is InChI=1S/C11H22O4/c1-6-8-9(7-2)13-10(12)14-15-11(3,4)5/h9H,6-8H2,1-5H3. The molecule has 0 radical (unpaired) electrons. The Bertz CT molecular complexity index is 184. The van der Waals surface area contributed by atoms with E-state index in [-0.39, 0.29) is 6.10 Å². The molecule has 0 aliphatic heterocycles. The first-order valence-electron chi connectivity index (χ1n) is 5.45. The lowest BCUT2D eigenvalue weighted by atomic mass is 10.2. The van der Waals surface area contributed by atoms with Gasteiger partial charge in [0.05, 0.1) is 0 Å². The predicted molar refractivity (Wildman–Crippen MR) is 57.4 cm³/mol. The summed E-state index contributed by atoms with van der Waals surface area (Å²) < 4.78 is 5.05. The first-order chi connectivity index (χ1) is 6.89. The Balaban J connectivity index is 3.81. The van der Waals surface area contributed by atoms with E-state index >= 15 is 0 Å². The molecule has 0 fully saturated rings. The van der Waals surface area contributed by atoms with E-state index in [1.165, 1.54) is 0 Å². The molecule has 90 valence electrons. The predicted octanol–water partition coefficient (Wildman–Crippen LogP) is 3.45. The molecule has 0 bridgehead atoms. The second-order valence-electron chi connectivity index (χ2n) is 4.47. The topological polar surface area (TPSA) is 44.8 Å². The first-order valence-corrected chi connectivity index (χ1v) is 5.45. The molecule has 0 aromatic rings. The van der Waals surface area contributed by atoms with Crippen LogP contribution in [0.3, 0.4) is 0 Å². The smallest absolute Gasteiger partial charge is 0.429 e. The van der Waals surface area contributed by atoms with Gasteiger partial charge in [-0.25, -0.2) is 4.79 Å². The minimum Gasteiger partial charge on any atom is -0.429 e. The normalized spacial score (nSPS) is 13.4. The van der Waals surface area contributed by atoms with Crippen LogP contribution in [0.4, 0.5) is 4.79 Å². The van der Waals surface area contributed by atoms with Gasteiger partial charge in [0.2, 0.25) is 0 Å². The van der Waals surface area contributed by atoms with Crippen LogP contribution in [-0.2, 0) is 14.5 Å². The molecule has 15 heavy (non-hydrogen) atoms. The van der Waals surface area contributed by atoms with Crippen molar-refractivity contribution in [2.45, 2.75) is 65.6 Å². The summed E-state index contributed by atoms with van der Waals surface area (Å²) in [5.74, 6) is 0. The Morgan fingerprint density at radius 1 is 1.27 bits per heavy atom. The molecular formula is C11H22O4. The van der Waals surface area contributed by atoms with Crippen molar-refractivity contribution in [2.24, 2.45) is 0 Å². The van der Waals surface area contributed by atoms with Crippen molar-refractivity contribution >= 4 is 6.16 Å². The Labute approximate surface area is 91.8 Å². The molecule has 0 saturated heterocycles. The Morgan fingerprint density at radius 3 is 2.27 bits per heavy atom. The highest BCUT2D eigenvalue weighted by molar-refractivity contribution is 5.59. The SMILES string of the molecule is CCCC(CC)OC(=O)OOC(C)(C)C. The molecule has 1 atom stereocenters. The first kappa shape index (κ1) is 14.2. The average Bonchev–Trinajstić information content (AvgIpc) is 2.13. The van der Waals surface area contributed by atoms with Crippen molar-refractivity contribution in [1.82, 2.24) is 0 Å². The van der Waals surface area contributed by atoms with Crippen molar-refractivity contribution in [3.8, 4) is 0 Å². The van der Waals surface area contributed by atoms with Crippen LogP contribution in [0.1, 0.15) is 53.9 Å². The van der Waals surface area contributed by atoms with Gasteiger partial charge in [0.25, 0.3) is 0 Å². The number of hydrogen-bond acceptors (Lipinski definition) is 4. The number of ether oxygens (including phenoxy) is 1. The molecule has 4 heteroatoms. The van der Waals surface area contributed by atoms with Crippen LogP contribution in [0, 0.1) is 0 Å². The van der Waals surface area contributed by atoms with Crippen LogP contribution in [0.25, 0.3) is 0 Å². The summed E-state index contributed by atoms with van der Waals surface area (Å²) in [6.45, 7) is 9.40. The van der Waals surface area contributed by atoms with Crippen molar-refractivity contribution in [3.63, 3.8) is 0 Å². The molecule has 0 aliphatic carbocycles. The monoisotopic (exact) mass is 218 g/mol. The molecule has 0 N–H and O–H groups in total. The highest BCUT2D eigenvalue weighted by atomic mass is 17.2. The van der Waals surface area contributed by atoms with Crippen LogP contribution in [0.15, 0.2) is 0 Å². The van der Waals surface area contributed by atoms with Crippen LogP contribution in [-0.4, -0.2) is 17.9 Å². The Kier molecular flexibility index (Phi) is 6.32. The zero-order valence-corrected chi connectivity index (χ0v) is 10.3. The zero-order valence-electron chi connectivity index (χ0n) is 10.3. The number of carbonyl (C=O) groups is 1. The van der Waals surface area contributed by atoms with Crippen LogP contribution in [0.2, 0.25) is 0 Å². The third-order valence-electron chi connectivity index (χ3n) is 1.69. The lowest BCUT2D eigenvalue weighted by Crippen LogP contribution is -2.24. The Hall–Kier alpha value is -0.770. The van der Waals surface area contributed by atoms with Gasteiger partial charge in [-0.1, -0.05) is 20.3 Å². The number of carbonyl (C=O) groups excluding carboxylic acids is 1. The molecule has 0 aromatic heterocycles. The minimum absolute atomic E-state index is 0.0777. The summed E-state index contributed by atoms with van der Waals surface area (Å²) in [7, 11) is 0. The fourth-order valence-corrected chi connectivity index (χ4v) is 0.983. The average molecular weight is 218 g/mol. The highest BCUT2D eigenvalue weighted by Crippen LogP contribution is 2.11. The molecule has 0 saturated carbocycles. The third kappa shape index (κ3) is 8.24. The van der Waals surface area contributed by atoms with Gasteiger partial charge in [0.15, 0.2) is 0 Å². The van der Waals surface area contributed by atoms with E-state index in [0.29, 0.717) is 0 Å². The van der Waals surface area contributed by atoms with Crippen LogP contribution in [0.5, 0.6) is 0 Å². The van der Waals surface area contributed by atoms with Gasteiger partial charge >= 0.3 is 6.16 Å². The fourth-order valence-electron chi connectivity index (χ4n) is 0.983. The molecule has 0 spiro atoms. The molecule has 0 aromatic carbocycles. The lowest BCUT2D eigenvalue weighted by Gasteiger charge is -2.18. The van der Waals surface area contributed by atoms with E-state index in [4.69, 9.17) is 9.62 Å². The zero-order chi connectivity index (χ0) is 11.9. The maximum Gasteiger partial charge on any atom is 0.540 e. The molecular weight excluding hydrogens is 196 g/mol. The molecule has 0 heterocycles. The number of hydrogen-bond donors (Lipinski definition) is 0. The van der Waals surface area contributed by atoms with Gasteiger partial charge in [-0.2, -0.15) is 4.89 Å². The van der Waals surface area contributed by atoms with Crippen molar-refractivity contribution in [2.75, 3.05) is 0 Å².